The minimum Gasteiger partial charge on any atom is -0.368 e. The molecule has 2 aromatic carbocycles. The highest BCUT2D eigenvalue weighted by molar-refractivity contribution is 5.74. The molecule has 0 radical (unpaired) electrons. The third-order valence-corrected chi connectivity index (χ3v) is 4.73. The molecule has 0 bridgehead atoms. The van der Waals surface area contributed by atoms with Crippen LogP contribution >= 0.6 is 0 Å². The summed E-state index contributed by atoms with van der Waals surface area (Å²) >= 11 is 0. The molecule has 2 aromatic rings. The van der Waals surface area contributed by atoms with Gasteiger partial charge in [0.2, 0.25) is 0 Å². The molecule has 0 aromatic heterocycles. The molecular formula is C20H21F4N3O. The number of hydrogen-bond acceptors (Lipinski definition) is 2. The molecule has 28 heavy (non-hydrogen) atoms. The first-order chi connectivity index (χ1) is 13.3. The lowest BCUT2D eigenvalue weighted by Crippen LogP contribution is -2.52. The number of hydrogen-bond donors (Lipinski definition) is 1. The average molecular weight is 395 g/mol. The Morgan fingerprint density at radius 2 is 1.71 bits per heavy atom. The molecule has 150 valence electrons. The topological polar surface area (TPSA) is 35.6 Å². The maximum atomic E-state index is 13.6. The summed E-state index contributed by atoms with van der Waals surface area (Å²) in [7, 11) is 0. The van der Waals surface area contributed by atoms with E-state index >= 15 is 0 Å². The predicted molar refractivity (Wildman–Crippen MR) is 98.7 cm³/mol. The monoisotopic (exact) mass is 395 g/mol. The van der Waals surface area contributed by atoms with Crippen molar-refractivity contribution in [2.75, 3.05) is 37.6 Å². The molecule has 1 aliphatic heterocycles. The molecule has 8 heteroatoms. The molecule has 1 fully saturated rings. The molecular weight excluding hydrogens is 374 g/mol. The van der Waals surface area contributed by atoms with Crippen LogP contribution in [0.15, 0.2) is 48.5 Å². The van der Waals surface area contributed by atoms with Crippen molar-refractivity contribution in [3.05, 3.63) is 65.5 Å². The first-order valence-corrected chi connectivity index (χ1v) is 9.03. The van der Waals surface area contributed by atoms with Crippen molar-refractivity contribution >= 4 is 11.7 Å². The summed E-state index contributed by atoms with van der Waals surface area (Å²) in [6, 6.07) is 11.4. The van der Waals surface area contributed by atoms with Crippen LogP contribution in [-0.4, -0.2) is 43.7 Å². The second-order valence-corrected chi connectivity index (χ2v) is 6.60. The highest BCUT2D eigenvalue weighted by Crippen LogP contribution is 2.31. The van der Waals surface area contributed by atoms with Crippen LogP contribution in [0.4, 0.5) is 28.0 Å². The Labute approximate surface area is 160 Å². The van der Waals surface area contributed by atoms with Gasteiger partial charge in [0.1, 0.15) is 5.82 Å². The number of alkyl halides is 3. The average Bonchev–Trinajstić information content (AvgIpc) is 2.69. The lowest BCUT2D eigenvalue weighted by molar-refractivity contribution is -0.137. The number of halogens is 4. The van der Waals surface area contributed by atoms with Crippen LogP contribution in [0.3, 0.4) is 0 Å². The van der Waals surface area contributed by atoms with E-state index < -0.39 is 11.7 Å². The van der Waals surface area contributed by atoms with Crippen LogP contribution in [0.25, 0.3) is 0 Å². The van der Waals surface area contributed by atoms with Crippen LogP contribution in [0.2, 0.25) is 0 Å². The quantitative estimate of drug-likeness (QED) is 0.797. The third kappa shape index (κ3) is 4.94. The summed E-state index contributed by atoms with van der Waals surface area (Å²) in [5.41, 5.74) is 0.352. The first kappa shape index (κ1) is 20.0. The molecule has 4 nitrogen and oxygen atoms in total. The van der Waals surface area contributed by atoms with E-state index in [1.165, 1.54) is 12.1 Å². The Balaban J connectivity index is 1.48. The first-order valence-electron chi connectivity index (χ1n) is 9.03. The van der Waals surface area contributed by atoms with E-state index in [0.29, 0.717) is 50.4 Å². The smallest absolute Gasteiger partial charge is 0.368 e. The highest BCUT2D eigenvalue weighted by atomic mass is 19.4. The van der Waals surface area contributed by atoms with Crippen molar-refractivity contribution in [3.63, 3.8) is 0 Å². The van der Waals surface area contributed by atoms with Crippen LogP contribution in [0.5, 0.6) is 0 Å². The number of piperazine rings is 1. The SMILES string of the molecule is O=C(NCCc1ccccc1F)N1CCN(c2cccc(C(F)(F)F)c2)CC1. The molecule has 0 unspecified atom stereocenters. The van der Waals surface area contributed by atoms with E-state index in [4.69, 9.17) is 0 Å². The van der Waals surface area contributed by atoms with Gasteiger partial charge in [-0.2, -0.15) is 13.2 Å². The lowest BCUT2D eigenvalue weighted by atomic mass is 10.1. The number of nitrogens with one attached hydrogen (secondary N) is 1. The normalized spacial score (nSPS) is 14.9. The summed E-state index contributed by atoms with van der Waals surface area (Å²) < 4.78 is 52.2. The van der Waals surface area contributed by atoms with Gasteiger partial charge in [-0.05, 0) is 36.2 Å². The molecule has 0 aliphatic carbocycles. The van der Waals surface area contributed by atoms with Crippen molar-refractivity contribution in [3.8, 4) is 0 Å². The molecule has 0 atom stereocenters. The van der Waals surface area contributed by atoms with E-state index in [9.17, 15) is 22.4 Å². The zero-order valence-electron chi connectivity index (χ0n) is 15.2. The van der Waals surface area contributed by atoms with Gasteiger partial charge in [0, 0.05) is 38.4 Å². The molecule has 3 rings (SSSR count). The van der Waals surface area contributed by atoms with Crippen LogP contribution in [0.1, 0.15) is 11.1 Å². The minimum atomic E-state index is -4.38. The highest BCUT2D eigenvalue weighted by Gasteiger charge is 2.31. The molecule has 0 saturated carbocycles. The van der Waals surface area contributed by atoms with Crippen molar-refractivity contribution in [2.24, 2.45) is 0 Å². The van der Waals surface area contributed by atoms with Gasteiger partial charge in [0.15, 0.2) is 0 Å². The molecule has 2 amide bonds. The Kier molecular flexibility index (Phi) is 6.06. The Bertz CT molecular complexity index is 817. The zero-order valence-corrected chi connectivity index (χ0v) is 15.2. The fourth-order valence-electron chi connectivity index (χ4n) is 3.16. The largest absolute Gasteiger partial charge is 0.416 e. The summed E-state index contributed by atoms with van der Waals surface area (Å²) in [6.07, 6.45) is -3.99. The number of anilines is 1. The van der Waals surface area contributed by atoms with Gasteiger partial charge in [-0.25, -0.2) is 9.18 Å². The number of rotatable bonds is 4. The maximum Gasteiger partial charge on any atom is 0.416 e. The van der Waals surface area contributed by atoms with Crippen LogP contribution < -0.4 is 10.2 Å². The molecule has 1 saturated heterocycles. The fourth-order valence-corrected chi connectivity index (χ4v) is 3.16. The van der Waals surface area contributed by atoms with Crippen molar-refractivity contribution < 1.29 is 22.4 Å². The van der Waals surface area contributed by atoms with Gasteiger partial charge in [-0.15, -0.1) is 0 Å². The fraction of sp³-hybridized carbons (Fsp3) is 0.350. The summed E-state index contributed by atoms with van der Waals surface area (Å²) in [4.78, 5) is 15.7. The Hall–Kier alpha value is -2.77. The number of nitrogens with zero attached hydrogens (tertiary/aromatic N) is 2. The Morgan fingerprint density at radius 1 is 1.00 bits per heavy atom. The third-order valence-electron chi connectivity index (χ3n) is 4.73. The van der Waals surface area contributed by atoms with Crippen LogP contribution in [-0.2, 0) is 12.6 Å². The van der Waals surface area contributed by atoms with Crippen molar-refractivity contribution in [2.45, 2.75) is 12.6 Å². The van der Waals surface area contributed by atoms with E-state index in [-0.39, 0.29) is 11.8 Å². The second-order valence-electron chi connectivity index (χ2n) is 6.60. The minimum absolute atomic E-state index is 0.250. The van der Waals surface area contributed by atoms with E-state index in [1.54, 1.807) is 29.2 Å². The summed E-state index contributed by atoms with van der Waals surface area (Å²) in [5, 5.41) is 2.76. The molecule has 1 N–H and O–H groups in total. The van der Waals surface area contributed by atoms with Gasteiger partial charge in [-0.1, -0.05) is 24.3 Å². The predicted octanol–water partition coefficient (Wildman–Crippen LogP) is 3.92. The summed E-state index contributed by atoms with van der Waals surface area (Å²) in [6.45, 7) is 2.02. The van der Waals surface area contributed by atoms with Gasteiger partial charge < -0.3 is 15.1 Å². The van der Waals surface area contributed by atoms with Gasteiger partial charge >= 0.3 is 12.2 Å². The van der Waals surface area contributed by atoms with E-state index in [2.05, 4.69) is 5.32 Å². The second kappa shape index (κ2) is 8.50. The van der Waals surface area contributed by atoms with Crippen molar-refractivity contribution in [1.82, 2.24) is 10.2 Å². The van der Waals surface area contributed by atoms with Gasteiger partial charge in [0.25, 0.3) is 0 Å². The number of carbonyl (C=O) groups is 1. The summed E-state index contributed by atoms with van der Waals surface area (Å²) in [5.74, 6) is -0.300. The molecule has 1 heterocycles. The van der Waals surface area contributed by atoms with E-state index in [1.807, 2.05) is 4.90 Å². The van der Waals surface area contributed by atoms with Gasteiger partial charge in [-0.3, -0.25) is 0 Å². The number of benzene rings is 2. The zero-order chi connectivity index (χ0) is 20.1. The standard InChI is InChI=1S/C20H21F4N3O/c21-18-7-2-1-4-15(18)8-9-25-19(28)27-12-10-26(11-13-27)17-6-3-5-16(14-17)20(22,23)24/h1-7,14H,8-13H2,(H,25,28). The van der Waals surface area contributed by atoms with Crippen LogP contribution in [0, 0.1) is 5.82 Å². The van der Waals surface area contributed by atoms with E-state index in [0.717, 1.165) is 12.1 Å². The Morgan fingerprint density at radius 3 is 2.39 bits per heavy atom. The van der Waals surface area contributed by atoms with Gasteiger partial charge in [0.05, 0.1) is 5.56 Å². The number of carbonyl (C=O) groups excluding carboxylic acids is 1. The molecule has 0 spiro atoms. The number of urea groups is 1. The maximum absolute atomic E-state index is 13.6. The lowest BCUT2D eigenvalue weighted by Gasteiger charge is -2.36. The number of amides is 2. The van der Waals surface area contributed by atoms with Crippen molar-refractivity contribution in [1.29, 1.82) is 0 Å². The molecule has 1 aliphatic rings.